The molecule has 0 saturated heterocycles. The van der Waals surface area contributed by atoms with Crippen LogP contribution in [0.2, 0.25) is 5.02 Å². The van der Waals surface area contributed by atoms with E-state index < -0.39 is 5.54 Å². The normalized spacial score (nSPS) is 16.8. The predicted molar refractivity (Wildman–Crippen MR) is 63.3 cm³/mol. The van der Waals surface area contributed by atoms with E-state index in [4.69, 9.17) is 16.3 Å². The molecule has 90 valence electrons. The van der Waals surface area contributed by atoms with Crippen LogP contribution >= 0.6 is 11.6 Å². The van der Waals surface area contributed by atoms with Crippen LogP contribution in [0, 0.1) is 0 Å². The summed E-state index contributed by atoms with van der Waals surface area (Å²) in [6, 6.07) is 3.05. The highest BCUT2D eigenvalue weighted by atomic mass is 35.5. The van der Waals surface area contributed by atoms with Crippen LogP contribution in [0.25, 0.3) is 0 Å². The molecule has 2 rings (SSSR count). The SMILES string of the molecule is COc1cc(O)c(C2(N=C=O)CCC2)cc1Cl. The first-order valence-corrected chi connectivity index (χ1v) is 5.67. The van der Waals surface area contributed by atoms with Crippen molar-refractivity contribution in [2.45, 2.75) is 24.8 Å². The molecule has 0 radical (unpaired) electrons. The summed E-state index contributed by atoms with van der Waals surface area (Å²) in [7, 11) is 1.48. The summed E-state index contributed by atoms with van der Waals surface area (Å²) in [6.45, 7) is 0. The lowest BCUT2D eigenvalue weighted by Crippen LogP contribution is -2.32. The number of hydrogen-bond acceptors (Lipinski definition) is 4. The van der Waals surface area contributed by atoms with Crippen molar-refractivity contribution in [2.24, 2.45) is 4.99 Å². The first kappa shape index (κ1) is 12.0. The average Bonchev–Trinajstić information content (AvgIpc) is 2.26. The van der Waals surface area contributed by atoms with E-state index in [1.165, 1.54) is 13.2 Å². The molecule has 0 aromatic heterocycles. The van der Waals surface area contributed by atoms with E-state index in [-0.39, 0.29) is 5.75 Å². The van der Waals surface area contributed by atoms with Gasteiger partial charge in [0.2, 0.25) is 6.08 Å². The van der Waals surface area contributed by atoms with Crippen molar-refractivity contribution >= 4 is 17.7 Å². The molecular weight excluding hydrogens is 242 g/mol. The van der Waals surface area contributed by atoms with Gasteiger partial charge in [-0.1, -0.05) is 11.6 Å². The Morgan fingerprint density at radius 1 is 1.53 bits per heavy atom. The number of nitrogens with zero attached hydrogens (tertiary/aromatic N) is 1. The van der Waals surface area contributed by atoms with Crippen LogP contribution in [-0.2, 0) is 10.3 Å². The van der Waals surface area contributed by atoms with E-state index in [1.807, 2.05) is 0 Å². The zero-order chi connectivity index (χ0) is 12.5. The number of hydrogen-bond donors (Lipinski definition) is 1. The Morgan fingerprint density at radius 2 is 2.24 bits per heavy atom. The number of rotatable bonds is 3. The third kappa shape index (κ3) is 1.90. The van der Waals surface area contributed by atoms with Crippen LogP contribution in [0.4, 0.5) is 0 Å². The fourth-order valence-corrected chi connectivity index (χ4v) is 2.35. The molecule has 1 saturated carbocycles. The average molecular weight is 254 g/mol. The molecule has 1 aromatic rings. The minimum Gasteiger partial charge on any atom is -0.507 e. The Hall–Kier alpha value is -1.51. The van der Waals surface area contributed by atoms with Gasteiger partial charge < -0.3 is 9.84 Å². The van der Waals surface area contributed by atoms with Crippen molar-refractivity contribution in [2.75, 3.05) is 7.11 Å². The van der Waals surface area contributed by atoms with Crippen molar-refractivity contribution in [1.29, 1.82) is 0 Å². The second-order valence-electron chi connectivity index (χ2n) is 4.09. The molecular formula is C12H12ClNO3. The summed E-state index contributed by atoms with van der Waals surface area (Å²) in [5.74, 6) is 0.447. The second kappa shape index (κ2) is 4.40. The number of carbonyl (C=O) groups excluding carboxylic acids is 1. The molecule has 4 nitrogen and oxygen atoms in total. The molecule has 0 atom stereocenters. The topological polar surface area (TPSA) is 58.9 Å². The van der Waals surface area contributed by atoms with E-state index in [1.54, 1.807) is 12.1 Å². The Kier molecular flexibility index (Phi) is 3.09. The van der Waals surface area contributed by atoms with Crippen LogP contribution in [0.15, 0.2) is 17.1 Å². The molecule has 0 bridgehead atoms. The number of aliphatic imine (C=N–C) groups is 1. The van der Waals surface area contributed by atoms with Crippen molar-refractivity contribution in [3.63, 3.8) is 0 Å². The Morgan fingerprint density at radius 3 is 2.71 bits per heavy atom. The lowest BCUT2D eigenvalue weighted by molar-refractivity contribution is 0.247. The van der Waals surface area contributed by atoms with Gasteiger partial charge in [0.15, 0.2) is 0 Å². The summed E-state index contributed by atoms with van der Waals surface area (Å²) in [6.07, 6.45) is 3.98. The highest BCUT2D eigenvalue weighted by Crippen LogP contribution is 2.49. The molecule has 17 heavy (non-hydrogen) atoms. The van der Waals surface area contributed by atoms with Gasteiger partial charge in [-0.15, -0.1) is 0 Å². The quantitative estimate of drug-likeness (QED) is 0.666. The van der Waals surface area contributed by atoms with Gasteiger partial charge in [0, 0.05) is 11.6 Å². The summed E-state index contributed by atoms with van der Waals surface area (Å²) in [4.78, 5) is 14.3. The fraction of sp³-hybridized carbons (Fsp3) is 0.417. The lowest BCUT2D eigenvalue weighted by Gasteiger charge is -2.37. The summed E-state index contributed by atoms with van der Waals surface area (Å²) in [5, 5.41) is 10.3. The molecule has 1 aromatic carbocycles. The number of benzene rings is 1. The van der Waals surface area contributed by atoms with Gasteiger partial charge in [0.05, 0.1) is 12.1 Å². The first-order valence-electron chi connectivity index (χ1n) is 5.29. The molecule has 0 amide bonds. The monoisotopic (exact) mass is 253 g/mol. The minimum absolute atomic E-state index is 0.0463. The highest BCUT2D eigenvalue weighted by molar-refractivity contribution is 6.32. The molecule has 1 aliphatic rings. The van der Waals surface area contributed by atoms with Crippen molar-refractivity contribution in [1.82, 2.24) is 0 Å². The molecule has 0 unspecified atom stereocenters. The van der Waals surface area contributed by atoms with Crippen molar-refractivity contribution in [3.8, 4) is 11.5 Å². The molecule has 1 N–H and O–H groups in total. The lowest BCUT2D eigenvalue weighted by atomic mass is 9.72. The maximum absolute atomic E-state index is 10.5. The standard InChI is InChI=1S/C12H12ClNO3/c1-17-11-6-10(16)8(5-9(11)13)12(14-7-15)3-2-4-12/h5-6,16H,2-4H2,1H3. The Labute approximate surface area is 104 Å². The van der Waals surface area contributed by atoms with E-state index in [0.29, 0.717) is 16.3 Å². The Balaban J connectivity index is 2.52. The van der Waals surface area contributed by atoms with Crippen LogP contribution in [0.1, 0.15) is 24.8 Å². The van der Waals surface area contributed by atoms with Gasteiger partial charge in [-0.3, -0.25) is 0 Å². The first-order chi connectivity index (χ1) is 8.13. The predicted octanol–water partition coefficient (Wildman–Crippen LogP) is 2.77. The minimum atomic E-state index is -0.651. The summed E-state index contributed by atoms with van der Waals surface area (Å²) < 4.78 is 5.01. The maximum Gasteiger partial charge on any atom is 0.235 e. The highest BCUT2D eigenvalue weighted by Gasteiger charge is 2.41. The van der Waals surface area contributed by atoms with E-state index >= 15 is 0 Å². The van der Waals surface area contributed by atoms with Crippen molar-refractivity contribution in [3.05, 3.63) is 22.7 Å². The van der Waals surface area contributed by atoms with Crippen LogP contribution in [0.5, 0.6) is 11.5 Å². The number of halogens is 1. The second-order valence-corrected chi connectivity index (χ2v) is 4.50. The van der Waals surface area contributed by atoms with Gasteiger partial charge >= 0.3 is 0 Å². The zero-order valence-electron chi connectivity index (χ0n) is 9.36. The van der Waals surface area contributed by atoms with E-state index in [0.717, 1.165) is 19.3 Å². The van der Waals surface area contributed by atoms with Gasteiger partial charge in [0.1, 0.15) is 17.0 Å². The van der Waals surface area contributed by atoms with E-state index in [9.17, 15) is 9.90 Å². The van der Waals surface area contributed by atoms with Gasteiger partial charge in [-0.25, -0.2) is 4.79 Å². The summed E-state index contributed by atoms with van der Waals surface area (Å²) >= 11 is 6.01. The summed E-state index contributed by atoms with van der Waals surface area (Å²) in [5.41, 5.74) is -0.0835. The molecule has 0 spiro atoms. The third-order valence-electron chi connectivity index (χ3n) is 3.21. The zero-order valence-corrected chi connectivity index (χ0v) is 10.1. The molecule has 5 heteroatoms. The maximum atomic E-state index is 10.5. The number of isocyanates is 1. The van der Waals surface area contributed by atoms with Crippen molar-refractivity contribution < 1.29 is 14.6 Å². The smallest absolute Gasteiger partial charge is 0.235 e. The fourth-order valence-electron chi connectivity index (χ4n) is 2.11. The molecule has 0 aliphatic heterocycles. The van der Waals surface area contributed by atoms with Crippen LogP contribution in [-0.4, -0.2) is 18.3 Å². The number of aromatic hydroxyl groups is 1. The number of phenols is 1. The number of methoxy groups -OCH3 is 1. The Bertz CT molecular complexity index is 491. The third-order valence-corrected chi connectivity index (χ3v) is 3.51. The van der Waals surface area contributed by atoms with Gasteiger partial charge in [0.25, 0.3) is 0 Å². The number of phenolic OH excluding ortho intramolecular Hbond substituents is 1. The molecule has 1 fully saturated rings. The van der Waals surface area contributed by atoms with E-state index in [2.05, 4.69) is 4.99 Å². The van der Waals surface area contributed by atoms with Gasteiger partial charge in [-0.2, -0.15) is 4.99 Å². The van der Waals surface area contributed by atoms with Crippen LogP contribution in [0.3, 0.4) is 0 Å². The largest absolute Gasteiger partial charge is 0.507 e. The van der Waals surface area contributed by atoms with Gasteiger partial charge in [-0.05, 0) is 25.3 Å². The van der Waals surface area contributed by atoms with Crippen LogP contribution < -0.4 is 4.74 Å². The molecule has 1 aliphatic carbocycles. The molecule has 0 heterocycles. The number of ether oxygens (including phenoxy) is 1.